The second kappa shape index (κ2) is 9.43. The van der Waals surface area contributed by atoms with E-state index in [-0.39, 0.29) is 18.6 Å². The molecule has 7 heteroatoms. The van der Waals surface area contributed by atoms with Crippen LogP contribution in [0, 0.1) is 11.6 Å². The van der Waals surface area contributed by atoms with Crippen LogP contribution in [0.15, 0.2) is 42.5 Å². The highest BCUT2D eigenvalue weighted by molar-refractivity contribution is 5.74. The first-order valence-corrected chi connectivity index (χ1v) is 10.5. The molecular formula is C23H27F2N3O2. The third-order valence-electron chi connectivity index (χ3n) is 5.56. The zero-order chi connectivity index (χ0) is 20.9. The Morgan fingerprint density at radius 2 is 1.80 bits per heavy atom. The van der Waals surface area contributed by atoms with E-state index in [0.29, 0.717) is 18.2 Å². The molecule has 0 aromatic heterocycles. The maximum Gasteiger partial charge on any atom is 0.318 e. The van der Waals surface area contributed by atoms with Crippen molar-refractivity contribution >= 4 is 6.03 Å². The Hall–Kier alpha value is -2.67. The van der Waals surface area contributed by atoms with Gasteiger partial charge in [0.05, 0.1) is 12.6 Å². The van der Waals surface area contributed by atoms with Gasteiger partial charge in [0.15, 0.2) is 0 Å². The third-order valence-corrected chi connectivity index (χ3v) is 5.56. The predicted octanol–water partition coefficient (Wildman–Crippen LogP) is 3.97. The quantitative estimate of drug-likeness (QED) is 0.720. The van der Waals surface area contributed by atoms with Crippen LogP contribution in [-0.2, 0) is 13.1 Å². The summed E-state index contributed by atoms with van der Waals surface area (Å²) < 4.78 is 33.2. The summed E-state index contributed by atoms with van der Waals surface area (Å²) in [6, 6.07) is 11.0. The predicted molar refractivity (Wildman–Crippen MR) is 110 cm³/mol. The minimum atomic E-state index is -0.631. The van der Waals surface area contributed by atoms with Crippen molar-refractivity contribution in [2.75, 3.05) is 13.1 Å². The Bertz CT molecular complexity index is 865. The molecule has 0 atom stereocenters. The first-order valence-electron chi connectivity index (χ1n) is 10.5. The summed E-state index contributed by atoms with van der Waals surface area (Å²) in [6.45, 7) is 2.10. The number of piperidine rings is 1. The second-order valence-corrected chi connectivity index (χ2v) is 7.96. The van der Waals surface area contributed by atoms with Gasteiger partial charge in [-0.15, -0.1) is 0 Å². The molecule has 1 saturated carbocycles. The lowest BCUT2D eigenvalue weighted by atomic mass is 10.0. The molecule has 0 bridgehead atoms. The lowest BCUT2D eigenvalue weighted by Gasteiger charge is -2.35. The Morgan fingerprint density at radius 1 is 1.07 bits per heavy atom. The van der Waals surface area contributed by atoms with Gasteiger partial charge in [0.25, 0.3) is 0 Å². The highest BCUT2D eigenvalue weighted by Crippen LogP contribution is 2.26. The molecule has 30 heavy (non-hydrogen) atoms. The van der Waals surface area contributed by atoms with Crippen LogP contribution >= 0.6 is 0 Å². The van der Waals surface area contributed by atoms with Crippen LogP contribution in [0.4, 0.5) is 13.6 Å². The molecule has 0 radical (unpaired) electrons. The number of carbonyl (C=O) groups is 1. The first kappa shape index (κ1) is 20.6. The zero-order valence-electron chi connectivity index (χ0n) is 16.9. The minimum absolute atomic E-state index is 0.00465. The molecule has 2 aliphatic rings. The Labute approximate surface area is 175 Å². The molecule has 2 amide bonds. The van der Waals surface area contributed by atoms with Crippen molar-refractivity contribution < 1.29 is 18.3 Å². The van der Waals surface area contributed by atoms with Crippen LogP contribution in [0.3, 0.4) is 0 Å². The normalized spacial score (nSPS) is 16.9. The van der Waals surface area contributed by atoms with E-state index in [1.807, 2.05) is 24.3 Å². The molecule has 0 spiro atoms. The Morgan fingerprint density at radius 3 is 2.47 bits per heavy atom. The number of halogens is 2. The number of ether oxygens (including phenoxy) is 1. The number of urea groups is 1. The SMILES string of the molecule is O=C(NCc1ccc(OC2CC2)cc1)N(Cc1ccc(F)cc1F)C1CCNCC1. The summed E-state index contributed by atoms with van der Waals surface area (Å²) >= 11 is 0. The van der Waals surface area contributed by atoms with E-state index in [2.05, 4.69) is 10.6 Å². The highest BCUT2D eigenvalue weighted by atomic mass is 19.1. The zero-order valence-corrected chi connectivity index (χ0v) is 16.9. The summed E-state index contributed by atoms with van der Waals surface area (Å²) in [5.41, 5.74) is 1.27. The van der Waals surface area contributed by atoms with E-state index in [9.17, 15) is 13.6 Å². The molecule has 2 aromatic carbocycles. The number of benzene rings is 2. The lowest BCUT2D eigenvalue weighted by Crippen LogP contribution is -2.49. The van der Waals surface area contributed by atoms with Crippen LogP contribution in [0.25, 0.3) is 0 Å². The van der Waals surface area contributed by atoms with Gasteiger partial charge in [-0.3, -0.25) is 0 Å². The molecule has 5 nitrogen and oxygen atoms in total. The Kier molecular flexibility index (Phi) is 6.47. The molecule has 4 rings (SSSR count). The van der Waals surface area contributed by atoms with Crippen LogP contribution in [0.2, 0.25) is 0 Å². The molecule has 0 unspecified atom stereocenters. The van der Waals surface area contributed by atoms with E-state index in [4.69, 9.17) is 4.74 Å². The average Bonchev–Trinajstić information content (AvgIpc) is 3.57. The summed E-state index contributed by atoms with van der Waals surface area (Å²) in [4.78, 5) is 14.7. The maximum absolute atomic E-state index is 14.2. The van der Waals surface area contributed by atoms with Crippen molar-refractivity contribution in [2.45, 2.75) is 50.9 Å². The Balaban J connectivity index is 1.40. The largest absolute Gasteiger partial charge is 0.490 e. The smallest absolute Gasteiger partial charge is 0.318 e. The van der Waals surface area contributed by atoms with Crippen LogP contribution in [0.1, 0.15) is 36.8 Å². The fourth-order valence-electron chi connectivity index (χ4n) is 3.66. The van der Waals surface area contributed by atoms with Crippen LogP contribution < -0.4 is 15.4 Å². The van der Waals surface area contributed by atoms with Crippen molar-refractivity contribution in [1.29, 1.82) is 0 Å². The summed E-state index contributed by atoms with van der Waals surface area (Å²) in [5.74, 6) is -0.410. The van der Waals surface area contributed by atoms with Crippen molar-refractivity contribution in [3.8, 4) is 5.75 Å². The number of hydrogen-bond acceptors (Lipinski definition) is 3. The molecule has 1 heterocycles. The second-order valence-electron chi connectivity index (χ2n) is 7.96. The van der Waals surface area contributed by atoms with Gasteiger partial charge >= 0.3 is 6.03 Å². The van der Waals surface area contributed by atoms with Gasteiger partial charge in [0, 0.05) is 24.2 Å². The monoisotopic (exact) mass is 415 g/mol. The molecule has 1 aliphatic heterocycles. The summed E-state index contributed by atoms with van der Waals surface area (Å²) in [6.07, 6.45) is 4.16. The van der Waals surface area contributed by atoms with E-state index in [1.165, 1.54) is 12.1 Å². The molecule has 2 fully saturated rings. The average molecular weight is 415 g/mol. The van der Waals surface area contributed by atoms with Gasteiger partial charge in [-0.05, 0) is 62.5 Å². The molecule has 2 aromatic rings. The standard InChI is InChI=1S/C23H27F2N3O2/c24-18-4-3-17(22(25)13-18)15-28(19-9-11-26-12-10-19)23(29)27-14-16-1-5-20(6-2-16)30-21-7-8-21/h1-6,13,19,21,26H,7-12,14-15H2,(H,27,29). The number of nitrogens with one attached hydrogen (secondary N) is 2. The fourth-order valence-corrected chi connectivity index (χ4v) is 3.66. The molecule has 1 saturated heterocycles. The summed E-state index contributed by atoms with van der Waals surface area (Å²) in [7, 11) is 0. The van der Waals surface area contributed by atoms with Crippen molar-refractivity contribution in [2.24, 2.45) is 0 Å². The van der Waals surface area contributed by atoms with Gasteiger partial charge in [-0.2, -0.15) is 0 Å². The van der Waals surface area contributed by atoms with Crippen molar-refractivity contribution in [1.82, 2.24) is 15.5 Å². The van der Waals surface area contributed by atoms with Gasteiger partial charge in [-0.25, -0.2) is 13.6 Å². The van der Waals surface area contributed by atoms with E-state index < -0.39 is 11.6 Å². The third kappa shape index (κ3) is 5.48. The topological polar surface area (TPSA) is 53.6 Å². The number of carbonyl (C=O) groups excluding carboxylic acids is 1. The molecule has 1 aliphatic carbocycles. The van der Waals surface area contributed by atoms with Crippen LogP contribution in [-0.4, -0.2) is 36.2 Å². The van der Waals surface area contributed by atoms with Crippen LogP contribution in [0.5, 0.6) is 5.75 Å². The fraction of sp³-hybridized carbons (Fsp3) is 0.435. The van der Waals surface area contributed by atoms with E-state index >= 15 is 0 Å². The van der Waals surface area contributed by atoms with Crippen molar-refractivity contribution in [3.05, 3.63) is 65.2 Å². The summed E-state index contributed by atoms with van der Waals surface area (Å²) in [5, 5.41) is 6.23. The highest BCUT2D eigenvalue weighted by Gasteiger charge is 2.26. The van der Waals surface area contributed by atoms with Gasteiger partial charge in [0.2, 0.25) is 0 Å². The minimum Gasteiger partial charge on any atom is -0.490 e. The number of nitrogens with zero attached hydrogens (tertiary/aromatic N) is 1. The molecule has 160 valence electrons. The molecule has 2 N–H and O–H groups in total. The van der Waals surface area contributed by atoms with Gasteiger partial charge in [-0.1, -0.05) is 18.2 Å². The number of hydrogen-bond donors (Lipinski definition) is 2. The van der Waals surface area contributed by atoms with E-state index in [1.54, 1.807) is 4.90 Å². The number of amides is 2. The van der Waals surface area contributed by atoms with E-state index in [0.717, 1.165) is 56.2 Å². The maximum atomic E-state index is 14.2. The number of rotatable bonds is 7. The lowest BCUT2D eigenvalue weighted by molar-refractivity contribution is 0.153. The first-order chi connectivity index (χ1) is 14.6. The van der Waals surface area contributed by atoms with Gasteiger partial charge in [0.1, 0.15) is 17.4 Å². The molecular weight excluding hydrogens is 388 g/mol. The van der Waals surface area contributed by atoms with Crippen molar-refractivity contribution in [3.63, 3.8) is 0 Å². The van der Waals surface area contributed by atoms with Gasteiger partial charge < -0.3 is 20.3 Å².